The van der Waals surface area contributed by atoms with Gasteiger partial charge in [-0.1, -0.05) is 24.3 Å². The van der Waals surface area contributed by atoms with Crippen LogP contribution < -0.4 is 4.72 Å². The van der Waals surface area contributed by atoms with E-state index in [1.165, 1.54) is 24.3 Å². The minimum absolute atomic E-state index is 0.0196. The van der Waals surface area contributed by atoms with Crippen LogP contribution in [0.25, 0.3) is 0 Å². The molecule has 0 saturated heterocycles. The van der Waals surface area contributed by atoms with Crippen LogP contribution in [0.5, 0.6) is 0 Å². The van der Waals surface area contributed by atoms with E-state index in [2.05, 4.69) is 0 Å². The number of carbonyl (C=O) groups is 1. The average molecular weight is 320 g/mol. The number of hydrogen-bond acceptors (Lipinski definition) is 5. The van der Waals surface area contributed by atoms with E-state index in [4.69, 9.17) is 0 Å². The van der Waals surface area contributed by atoms with Crippen molar-refractivity contribution in [3.8, 4) is 0 Å². The molecule has 0 aliphatic heterocycles. The Bertz CT molecular complexity index is 846. The summed E-state index contributed by atoms with van der Waals surface area (Å²) in [5.41, 5.74) is 0.0918. The molecule has 8 heteroatoms. The first kappa shape index (κ1) is 15.6. The Hall–Kier alpha value is -2.74. The number of nitrogens with zero attached hydrogens (tertiary/aromatic N) is 1. The number of amides is 1. The lowest BCUT2D eigenvalue weighted by atomic mass is 10.2. The lowest BCUT2D eigenvalue weighted by Gasteiger charge is -2.09. The monoisotopic (exact) mass is 320 g/mol. The van der Waals surface area contributed by atoms with E-state index in [1.807, 2.05) is 4.72 Å². The van der Waals surface area contributed by atoms with Crippen molar-refractivity contribution in [1.29, 1.82) is 0 Å². The van der Waals surface area contributed by atoms with E-state index in [-0.39, 0.29) is 16.1 Å². The maximum atomic E-state index is 12.2. The summed E-state index contributed by atoms with van der Waals surface area (Å²) in [7, 11) is -4.04. The van der Waals surface area contributed by atoms with Crippen LogP contribution in [0.4, 0.5) is 5.69 Å². The van der Waals surface area contributed by atoms with E-state index in [9.17, 15) is 23.3 Å². The number of nitro groups is 1. The summed E-state index contributed by atoms with van der Waals surface area (Å²) < 4.78 is 26.3. The van der Waals surface area contributed by atoms with Gasteiger partial charge in [0.05, 0.1) is 9.82 Å². The smallest absolute Gasteiger partial charge is 0.268 e. The third-order valence-electron chi connectivity index (χ3n) is 2.93. The first-order chi connectivity index (χ1) is 10.3. The van der Waals surface area contributed by atoms with Crippen molar-refractivity contribution in [2.45, 2.75) is 11.8 Å². The predicted octanol–water partition coefficient (Wildman–Crippen LogP) is 2.02. The standard InChI is InChI=1S/C14H12N2O5S/c1-10-5-2-3-8-13(10)22(20,21)15-14(17)11-6-4-7-12(9-11)16(18)19/h2-9H,1H3,(H,15,17). The number of nitro benzene ring substituents is 1. The van der Waals surface area contributed by atoms with Crippen LogP contribution in [0.15, 0.2) is 53.4 Å². The van der Waals surface area contributed by atoms with E-state index in [0.717, 1.165) is 6.07 Å². The summed E-state index contributed by atoms with van der Waals surface area (Å²) in [6.45, 7) is 1.60. The molecule has 7 nitrogen and oxygen atoms in total. The molecule has 0 aliphatic rings. The van der Waals surface area contributed by atoms with Crippen molar-refractivity contribution < 1.29 is 18.1 Å². The van der Waals surface area contributed by atoms with Gasteiger partial charge in [-0.3, -0.25) is 14.9 Å². The summed E-state index contributed by atoms with van der Waals surface area (Å²) in [6, 6.07) is 11.0. The lowest BCUT2D eigenvalue weighted by Crippen LogP contribution is -2.31. The number of rotatable bonds is 4. The van der Waals surface area contributed by atoms with Crippen LogP contribution in [0.2, 0.25) is 0 Å². The Morgan fingerprint density at radius 1 is 1.14 bits per heavy atom. The Kier molecular flexibility index (Phi) is 4.22. The molecule has 0 fully saturated rings. The molecule has 0 aromatic heterocycles. The zero-order valence-electron chi connectivity index (χ0n) is 11.5. The molecule has 0 bridgehead atoms. The van der Waals surface area contributed by atoms with Gasteiger partial charge in [-0.05, 0) is 24.6 Å². The number of carbonyl (C=O) groups excluding carboxylic acids is 1. The highest BCUT2D eigenvalue weighted by Crippen LogP contribution is 2.16. The normalized spacial score (nSPS) is 11.0. The van der Waals surface area contributed by atoms with Crippen molar-refractivity contribution in [3.63, 3.8) is 0 Å². The van der Waals surface area contributed by atoms with Gasteiger partial charge in [0.2, 0.25) is 0 Å². The summed E-state index contributed by atoms with van der Waals surface area (Å²) in [4.78, 5) is 22.0. The second-order valence-electron chi connectivity index (χ2n) is 4.51. The Morgan fingerprint density at radius 2 is 1.82 bits per heavy atom. The zero-order valence-corrected chi connectivity index (χ0v) is 12.3. The Morgan fingerprint density at radius 3 is 2.45 bits per heavy atom. The van der Waals surface area contributed by atoms with Crippen LogP contribution >= 0.6 is 0 Å². The predicted molar refractivity (Wildman–Crippen MR) is 78.9 cm³/mol. The summed E-state index contributed by atoms with van der Waals surface area (Å²) in [5, 5.41) is 10.7. The van der Waals surface area contributed by atoms with Crippen molar-refractivity contribution >= 4 is 21.6 Å². The molecule has 1 N–H and O–H groups in total. The van der Waals surface area contributed by atoms with Gasteiger partial charge in [-0.25, -0.2) is 13.1 Å². The fourth-order valence-corrected chi connectivity index (χ4v) is 3.08. The third kappa shape index (κ3) is 3.29. The molecule has 0 atom stereocenters. The van der Waals surface area contributed by atoms with Gasteiger partial charge in [0.1, 0.15) is 0 Å². The van der Waals surface area contributed by atoms with Gasteiger partial charge in [-0.15, -0.1) is 0 Å². The fourth-order valence-electron chi connectivity index (χ4n) is 1.85. The summed E-state index contributed by atoms with van der Waals surface area (Å²) >= 11 is 0. The van der Waals surface area contributed by atoms with Crippen LogP contribution in [0.1, 0.15) is 15.9 Å². The second kappa shape index (κ2) is 5.94. The Labute approximate surface area is 126 Å². The number of nitrogens with one attached hydrogen (secondary N) is 1. The molecule has 114 valence electrons. The molecular weight excluding hydrogens is 308 g/mol. The molecule has 2 rings (SSSR count). The molecule has 0 heterocycles. The second-order valence-corrected chi connectivity index (χ2v) is 6.16. The van der Waals surface area contributed by atoms with Gasteiger partial charge in [-0.2, -0.15) is 0 Å². The maximum Gasteiger partial charge on any atom is 0.270 e. The topological polar surface area (TPSA) is 106 Å². The Balaban J connectivity index is 2.31. The largest absolute Gasteiger partial charge is 0.270 e. The van der Waals surface area contributed by atoms with Crippen molar-refractivity contribution in [2.75, 3.05) is 0 Å². The van der Waals surface area contributed by atoms with Gasteiger partial charge in [0.25, 0.3) is 21.6 Å². The number of aryl methyl sites for hydroxylation is 1. The highest BCUT2D eigenvalue weighted by Gasteiger charge is 2.21. The molecular formula is C14H12N2O5S. The fraction of sp³-hybridized carbons (Fsp3) is 0.0714. The molecule has 0 radical (unpaired) electrons. The molecule has 1 amide bonds. The van der Waals surface area contributed by atoms with Crippen LogP contribution in [-0.2, 0) is 10.0 Å². The molecule has 2 aromatic carbocycles. The molecule has 22 heavy (non-hydrogen) atoms. The molecule has 2 aromatic rings. The van der Waals surface area contributed by atoms with Crippen molar-refractivity contribution in [2.24, 2.45) is 0 Å². The lowest BCUT2D eigenvalue weighted by molar-refractivity contribution is -0.384. The number of hydrogen-bond donors (Lipinski definition) is 1. The molecule has 0 saturated carbocycles. The van der Waals surface area contributed by atoms with E-state index >= 15 is 0 Å². The van der Waals surface area contributed by atoms with Crippen LogP contribution in [0.3, 0.4) is 0 Å². The van der Waals surface area contributed by atoms with Gasteiger partial charge < -0.3 is 0 Å². The quantitative estimate of drug-likeness (QED) is 0.685. The van der Waals surface area contributed by atoms with Crippen LogP contribution in [0, 0.1) is 17.0 Å². The van der Waals surface area contributed by atoms with Crippen molar-refractivity contribution in [1.82, 2.24) is 4.72 Å². The number of sulfonamides is 1. The first-order valence-corrected chi connectivity index (χ1v) is 7.67. The highest BCUT2D eigenvalue weighted by molar-refractivity contribution is 7.90. The van der Waals surface area contributed by atoms with E-state index < -0.39 is 20.9 Å². The summed E-state index contributed by atoms with van der Waals surface area (Å²) in [6.07, 6.45) is 0. The maximum absolute atomic E-state index is 12.2. The number of non-ortho nitro benzene ring substituents is 1. The SMILES string of the molecule is Cc1ccccc1S(=O)(=O)NC(=O)c1cccc([N+](=O)[O-])c1. The molecule has 0 spiro atoms. The van der Waals surface area contributed by atoms with Gasteiger partial charge in [0, 0.05) is 17.7 Å². The minimum atomic E-state index is -4.04. The van der Waals surface area contributed by atoms with Gasteiger partial charge in [0.15, 0.2) is 0 Å². The van der Waals surface area contributed by atoms with Crippen LogP contribution in [-0.4, -0.2) is 19.2 Å². The molecule has 0 unspecified atom stereocenters. The first-order valence-electron chi connectivity index (χ1n) is 6.18. The zero-order chi connectivity index (χ0) is 16.3. The van der Waals surface area contributed by atoms with Gasteiger partial charge >= 0.3 is 0 Å². The van der Waals surface area contributed by atoms with E-state index in [0.29, 0.717) is 5.56 Å². The van der Waals surface area contributed by atoms with E-state index in [1.54, 1.807) is 25.1 Å². The number of benzene rings is 2. The van der Waals surface area contributed by atoms with Crippen molar-refractivity contribution in [3.05, 3.63) is 69.8 Å². The molecule has 0 aliphatic carbocycles. The summed E-state index contributed by atoms with van der Waals surface area (Å²) in [5.74, 6) is -0.924. The highest BCUT2D eigenvalue weighted by atomic mass is 32.2. The third-order valence-corrected chi connectivity index (χ3v) is 4.42. The minimum Gasteiger partial charge on any atom is -0.268 e. The average Bonchev–Trinajstić information content (AvgIpc) is 2.47.